The Hall–Kier alpha value is -1.66. The van der Waals surface area contributed by atoms with Crippen molar-refractivity contribution < 1.29 is 9.90 Å². The maximum atomic E-state index is 11.1. The van der Waals surface area contributed by atoms with Crippen molar-refractivity contribution in [1.29, 1.82) is 0 Å². The van der Waals surface area contributed by atoms with Gasteiger partial charge in [0, 0.05) is 26.2 Å². The minimum atomic E-state index is -0.973. The van der Waals surface area contributed by atoms with Gasteiger partial charge in [-0.25, -0.2) is 9.78 Å². The minimum absolute atomic E-state index is 0.120. The summed E-state index contributed by atoms with van der Waals surface area (Å²) in [5.41, 5.74) is 1.89. The summed E-state index contributed by atoms with van der Waals surface area (Å²) in [5.74, 6) is -0.973. The maximum absolute atomic E-state index is 11.1. The molecule has 0 amide bonds. The molecule has 18 heavy (non-hydrogen) atoms. The van der Waals surface area contributed by atoms with Crippen molar-refractivity contribution >= 4 is 33.2 Å². The molecule has 1 fully saturated rings. The molecule has 94 valence electrons. The van der Waals surface area contributed by atoms with Crippen LogP contribution < -0.4 is 10.2 Å². The van der Waals surface area contributed by atoms with E-state index in [-0.39, 0.29) is 5.69 Å². The number of aromatic nitrogens is 1. The van der Waals surface area contributed by atoms with Gasteiger partial charge in [-0.05, 0) is 17.5 Å². The van der Waals surface area contributed by atoms with Crippen LogP contribution in [-0.4, -0.2) is 42.2 Å². The van der Waals surface area contributed by atoms with E-state index in [0.29, 0.717) is 0 Å². The van der Waals surface area contributed by atoms with E-state index in [1.807, 2.05) is 11.4 Å². The second kappa shape index (κ2) is 4.55. The predicted molar refractivity (Wildman–Crippen MR) is 71.7 cm³/mol. The molecule has 0 radical (unpaired) electrons. The van der Waals surface area contributed by atoms with Crippen molar-refractivity contribution in [2.24, 2.45) is 0 Å². The first-order valence-electron chi connectivity index (χ1n) is 5.83. The molecule has 0 aliphatic carbocycles. The topological polar surface area (TPSA) is 65.5 Å². The number of aromatic carboxylic acids is 1. The van der Waals surface area contributed by atoms with Crippen LogP contribution in [0.25, 0.3) is 10.2 Å². The lowest BCUT2D eigenvalue weighted by molar-refractivity contribution is 0.0691. The van der Waals surface area contributed by atoms with E-state index in [0.717, 1.165) is 42.1 Å². The number of carbonyl (C=O) groups is 1. The van der Waals surface area contributed by atoms with Gasteiger partial charge < -0.3 is 15.3 Å². The van der Waals surface area contributed by atoms with Gasteiger partial charge in [0.15, 0.2) is 5.69 Å². The fourth-order valence-electron chi connectivity index (χ4n) is 2.19. The lowest BCUT2D eigenvalue weighted by Crippen LogP contribution is -2.43. The van der Waals surface area contributed by atoms with Crippen molar-refractivity contribution in [3.8, 4) is 0 Å². The van der Waals surface area contributed by atoms with Gasteiger partial charge in [-0.2, -0.15) is 0 Å². The third-order valence-electron chi connectivity index (χ3n) is 3.07. The molecule has 0 bridgehead atoms. The van der Waals surface area contributed by atoms with E-state index >= 15 is 0 Å². The third kappa shape index (κ3) is 1.93. The first kappa shape index (κ1) is 11.4. The van der Waals surface area contributed by atoms with Gasteiger partial charge in [0.1, 0.15) is 0 Å². The SMILES string of the molecule is O=C(O)c1cc(N2CCNCC2)c2sccc2n1. The molecule has 0 spiro atoms. The van der Waals surface area contributed by atoms with Gasteiger partial charge in [0.25, 0.3) is 0 Å². The standard InChI is InChI=1S/C12H13N3O2S/c16-12(17)9-7-10(15-4-2-13-3-5-15)11-8(14-9)1-6-18-11/h1,6-7,13H,2-5H2,(H,16,17). The van der Waals surface area contributed by atoms with Crippen LogP contribution in [0.5, 0.6) is 0 Å². The van der Waals surface area contributed by atoms with E-state index in [2.05, 4.69) is 15.2 Å². The first-order valence-corrected chi connectivity index (χ1v) is 6.71. The number of nitrogens with one attached hydrogen (secondary N) is 1. The lowest BCUT2D eigenvalue weighted by Gasteiger charge is -2.29. The van der Waals surface area contributed by atoms with Crippen molar-refractivity contribution in [3.05, 3.63) is 23.2 Å². The molecule has 6 heteroatoms. The maximum Gasteiger partial charge on any atom is 0.354 e. The van der Waals surface area contributed by atoms with Crippen LogP contribution in [-0.2, 0) is 0 Å². The Balaban J connectivity index is 2.12. The van der Waals surface area contributed by atoms with Gasteiger partial charge in [-0.15, -0.1) is 11.3 Å². The van der Waals surface area contributed by atoms with E-state index in [9.17, 15) is 4.79 Å². The number of piperazine rings is 1. The van der Waals surface area contributed by atoms with Crippen molar-refractivity contribution in [3.63, 3.8) is 0 Å². The molecular formula is C12H13N3O2S. The number of carboxylic acids is 1. The van der Waals surface area contributed by atoms with Gasteiger partial charge in [0.2, 0.25) is 0 Å². The number of pyridine rings is 1. The van der Waals surface area contributed by atoms with E-state index < -0.39 is 5.97 Å². The highest BCUT2D eigenvalue weighted by Crippen LogP contribution is 2.31. The van der Waals surface area contributed by atoms with Gasteiger partial charge >= 0.3 is 5.97 Å². The van der Waals surface area contributed by atoms with E-state index in [1.165, 1.54) is 0 Å². The Bertz CT molecular complexity index is 590. The zero-order chi connectivity index (χ0) is 12.5. The highest BCUT2D eigenvalue weighted by Gasteiger charge is 2.18. The number of carboxylic acid groups (broad SMARTS) is 1. The normalized spacial score (nSPS) is 16.1. The summed E-state index contributed by atoms with van der Waals surface area (Å²) in [6, 6.07) is 3.56. The fourth-order valence-corrected chi connectivity index (χ4v) is 3.07. The summed E-state index contributed by atoms with van der Waals surface area (Å²) < 4.78 is 1.07. The Morgan fingerprint density at radius 3 is 2.94 bits per heavy atom. The van der Waals surface area contributed by atoms with E-state index in [1.54, 1.807) is 17.4 Å². The zero-order valence-electron chi connectivity index (χ0n) is 9.72. The van der Waals surface area contributed by atoms with Crippen LogP contribution in [0, 0.1) is 0 Å². The monoisotopic (exact) mass is 263 g/mol. The molecule has 2 aromatic rings. The summed E-state index contributed by atoms with van der Waals surface area (Å²) in [6.45, 7) is 3.65. The molecule has 0 unspecified atom stereocenters. The van der Waals surface area contributed by atoms with Crippen LogP contribution in [0.4, 0.5) is 5.69 Å². The van der Waals surface area contributed by atoms with Crippen molar-refractivity contribution in [2.75, 3.05) is 31.1 Å². The van der Waals surface area contributed by atoms with Gasteiger partial charge in [-0.3, -0.25) is 0 Å². The molecule has 0 saturated carbocycles. The summed E-state index contributed by atoms with van der Waals surface area (Å²) in [7, 11) is 0. The molecule has 1 aliphatic heterocycles. The van der Waals surface area contributed by atoms with Crippen LogP contribution in [0.1, 0.15) is 10.5 Å². The highest BCUT2D eigenvalue weighted by molar-refractivity contribution is 7.17. The lowest BCUT2D eigenvalue weighted by atomic mass is 10.2. The molecule has 2 N–H and O–H groups in total. The number of nitrogens with zero attached hydrogens (tertiary/aromatic N) is 2. The van der Waals surface area contributed by atoms with Crippen molar-refractivity contribution in [1.82, 2.24) is 10.3 Å². The first-order chi connectivity index (χ1) is 8.75. The Labute approximate surface area is 108 Å². The minimum Gasteiger partial charge on any atom is -0.477 e. The summed E-state index contributed by atoms with van der Waals surface area (Å²) >= 11 is 1.61. The average molecular weight is 263 g/mol. The van der Waals surface area contributed by atoms with Gasteiger partial charge in [-0.1, -0.05) is 0 Å². The number of hydrogen-bond acceptors (Lipinski definition) is 5. The number of fused-ring (bicyclic) bond motifs is 1. The Kier molecular flexibility index (Phi) is 2.89. The van der Waals surface area contributed by atoms with Crippen molar-refractivity contribution in [2.45, 2.75) is 0 Å². The molecule has 0 aromatic carbocycles. The number of anilines is 1. The third-order valence-corrected chi connectivity index (χ3v) is 3.99. The largest absolute Gasteiger partial charge is 0.477 e. The molecule has 3 rings (SSSR count). The molecule has 3 heterocycles. The van der Waals surface area contributed by atoms with E-state index in [4.69, 9.17) is 5.11 Å². The quantitative estimate of drug-likeness (QED) is 0.857. The van der Waals surface area contributed by atoms with Crippen LogP contribution >= 0.6 is 11.3 Å². The predicted octanol–water partition coefficient (Wildman–Crippen LogP) is 1.40. The molecule has 5 nitrogen and oxygen atoms in total. The number of hydrogen-bond donors (Lipinski definition) is 2. The zero-order valence-corrected chi connectivity index (χ0v) is 10.5. The molecular weight excluding hydrogens is 250 g/mol. The second-order valence-electron chi connectivity index (χ2n) is 4.20. The summed E-state index contributed by atoms with van der Waals surface area (Å²) in [5, 5.41) is 14.4. The van der Waals surface area contributed by atoms with Crippen LogP contribution in [0.15, 0.2) is 17.5 Å². The molecule has 2 aromatic heterocycles. The molecule has 0 atom stereocenters. The van der Waals surface area contributed by atoms with Crippen LogP contribution in [0.3, 0.4) is 0 Å². The molecule has 1 aliphatic rings. The molecule has 1 saturated heterocycles. The Morgan fingerprint density at radius 2 is 2.22 bits per heavy atom. The average Bonchev–Trinajstić information content (AvgIpc) is 2.86. The highest BCUT2D eigenvalue weighted by atomic mass is 32.1. The second-order valence-corrected chi connectivity index (χ2v) is 5.12. The number of rotatable bonds is 2. The summed E-state index contributed by atoms with van der Waals surface area (Å²) in [4.78, 5) is 17.5. The van der Waals surface area contributed by atoms with Gasteiger partial charge in [0.05, 0.1) is 15.9 Å². The smallest absolute Gasteiger partial charge is 0.354 e. The summed E-state index contributed by atoms with van der Waals surface area (Å²) in [6.07, 6.45) is 0. The fraction of sp³-hybridized carbons (Fsp3) is 0.333. The number of thiophene rings is 1. The Morgan fingerprint density at radius 1 is 1.44 bits per heavy atom. The van der Waals surface area contributed by atoms with Crippen LogP contribution in [0.2, 0.25) is 0 Å².